The van der Waals surface area contributed by atoms with E-state index in [4.69, 9.17) is 0 Å². The number of thiophene rings is 1. The zero-order valence-corrected chi connectivity index (χ0v) is 19.2. The summed E-state index contributed by atoms with van der Waals surface area (Å²) in [7, 11) is 0. The Balaban J connectivity index is 1.65. The van der Waals surface area contributed by atoms with Gasteiger partial charge in [0.25, 0.3) is 11.5 Å². The molecule has 2 aromatic heterocycles. The van der Waals surface area contributed by atoms with Crippen molar-refractivity contribution in [1.82, 2.24) is 9.55 Å². The molecular weight excluding hydrogens is 422 g/mol. The Kier molecular flexibility index (Phi) is 5.76. The standard InChI is InChI=1S/C25H23N3O3S/c1-14-9-10-18(11-16(14)3)20(29)12-28-13-26-24-21(25(28)31)17(4)22(32-24)23(30)27-19-8-6-5-7-15(19)2/h5-11,13H,12H2,1-4H3,(H,27,30). The highest BCUT2D eigenvalue weighted by Gasteiger charge is 2.21. The van der Waals surface area contributed by atoms with Gasteiger partial charge >= 0.3 is 0 Å². The van der Waals surface area contributed by atoms with Gasteiger partial charge in [-0.2, -0.15) is 0 Å². The maximum absolute atomic E-state index is 13.1. The first-order chi connectivity index (χ1) is 15.3. The normalized spacial score (nSPS) is 11.0. The number of anilines is 1. The van der Waals surface area contributed by atoms with Gasteiger partial charge < -0.3 is 5.32 Å². The summed E-state index contributed by atoms with van der Waals surface area (Å²) in [5.74, 6) is -0.446. The van der Waals surface area contributed by atoms with Gasteiger partial charge in [0.05, 0.1) is 23.1 Å². The Morgan fingerprint density at radius 2 is 1.75 bits per heavy atom. The second-order valence-electron chi connectivity index (χ2n) is 7.91. The summed E-state index contributed by atoms with van der Waals surface area (Å²) in [6.07, 6.45) is 1.38. The van der Waals surface area contributed by atoms with E-state index in [9.17, 15) is 14.4 Å². The molecule has 0 radical (unpaired) electrons. The van der Waals surface area contributed by atoms with Crippen LogP contribution in [0.25, 0.3) is 10.2 Å². The molecule has 6 nitrogen and oxygen atoms in total. The van der Waals surface area contributed by atoms with E-state index in [0.29, 0.717) is 26.2 Å². The molecule has 0 aliphatic carbocycles. The van der Waals surface area contributed by atoms with Gasteiger partial charge in [-0.3, -0.25) is 19.0 Å². The van der Waals surface area contributed by atoms with Crippen molar-refractivity contribution in [3.63, 3.8) is 0 Å². The van der Waals surface area contributed by atoms with Gasteiger partial charge in [0.1, 0.15) is 4.83 Å². The van der Waals surface area contributed by atoms with Gasteiger partial charge in [-0.05, 0) is 62.1 Å². The molecule has 7 heteroatoms. The van der Waals surface area contributed by atoms with Gasteiger partial charge in [-0.1, -0.05) is 30.3 Å². The largest absolute Gasteiger partial charge is 0.321 e. The number of nitrogens with zero attached hydrogens (tertiary/aromatic N) is 2. The van der Waals surface area contributed by atoms with E-state index in [1.165, 1.54) is 22.2 Å². The molecule has 2 heterocycles. The lowest BCUT2D eigenvalue weighted by molar-refractivity contribution is 0.0969. The van der Waals surface area contributed by atoms with Gasteiger partial charge in [0.2, 0.25) is 0 Å². The van der Waals surface area contributed by atoms with Gasteiger partial charge in [0, 0.05) is 11.3 Å². The van der Waals surface area contributed by atoms with Crippen molar-refractivity contribution < 1.29 is 9.59 Å². The Bertz CT molecular complexity index is 1430. The molecule has 0 aliphatic rings. The van der Waals surface area contributed by atoms with E-state index < -0.39 is 0 Å². The predicted octanol–water partition coefficient (Wildman–Crippen LogP) is 4.83. The molecule has 4 rings (SSSR count). The number of amides is 1. The van der Waals surface area contributed by atoms with Crippen LogP contribution in [0.4, 0.5) is 5.69 Å². The summed E-state index contributed by atoms with van der Waals surface area (Å²) in [6, 6.07) is 13.0. The molecular formula is C25H23N3O3S. The van der Waals surface area contributed by atoms with Crippen molar-refractivity contribution in [2.45, 2.75) is 34.2 Å². The van der Waals surface area contributed by atoms with Crippen LogP contribution in [0, 0.1) is 27.7 Å². The lowest BCUT2D eigenvalue weighted by atomic mass is 10.0. The highest BCUT2D eigenvalue weighted by Crippen LogP contribution is 2.28. The maximum Gasteiger partial charge on any atom is 0.266 e. The number of ketones is 1. The quantitative estimate of drug-likeness (QED) is 0.446. The van der Waals surface area contributed by atoms with Gasteiger partial charge in [-0.25, -0.2) is 4.98 Å². The molecule has 0 atom stereocenters. The van der Waals surface area contributed by atoms with Crippen LogP contribution in [0.1, 0.15) is 42.3 Å². The van der Waals surface area contributed by atoms with Crippen molar-refractivity contribution in [3.05, 3.63) is 91.8 Å². The zero-order chi connectivity index (χ0) is 23.0. The van der Waals surface area contributed by atoms with Crippen LogP contribution < -0.4 is 10.9 Å². The molecule has 0 bridgehead atoms. The fourth-order valence-electron chi connectivity index (χ4n) is 3.54. The van der Waals surface area contributed by atoms with E-state index in [2.05, 4.69) is 10.3 Å². The first-order valence-electron chi connectivity index (χ1n) is 10.2. The van der Waals surface area contributed by atoms with Crippen LogP contribution in [0.3, 0.4) is 0 Å². The average Bonchev–Trinajstić information content (AvgIpc) is 3.11. The molecule has 32 heavy (non-hydrogen) atoms. The van der Waals surface area contributed by atoms with Crippen LogP contribution in [0.5, 0.6) is 0 Å². The van der Waals surface area contributed by atoms with Crippen molar-refractivity contribution in [2.24, 2.45) is 0 Å². The lowest BCUT2D eigenvalue weighted by Gasteiger charge is -2.07. The molecule has 0 saturated heterocycles. The summed E-state index contributed by atoms with van der Waals surface area (Å²) in [4.78, 5) is 44.0. The number of rotatable bonds is 5. The molecule has 0 unspecified atom stereocenters. The van der Waals surface area contributed by atoms with Crippen molar-refractivity contribution >= 4 is 38.9 Å². The fraction of sp³-hybridized carbons (Fsp3) is 0.200. The Morgan fingerprint density at radius 1 is 1.00 bits per heavy atom. The number of benzene rings is 2. The minimum absolute atomic E-state index is 0.107. The predicted molar refractivity (Wildman–Crippen MR) is 128 cm³/mol. The van der Waals surface area contributed by atoms with Gasteiger partial charge in [0.15, 0.2) is 5.78 Å². The minimum atomic E-state index is -0.323. The molecule has 1 N–H and O–H groups in total. The number of aromatic nitrogens is 2. The summed E-state index contributed by atoms with van der Waals surface area (Å²) >= 11 is 1.18. The molecule has 0 aliphatic heterocycles. The third-order valence-electron chi connectivity index (χ3n) is 5.66. The van der Waals surface area contributed by atoms with E-state index in [0.717, 1.165) is 22.4 Å². The van der Waals surface area contributed by atoms with Crippen LogP contribution in [0.2, 0.25) is 0 Å². The maximum atomic E-state index is 13.1. The average molecular weight is 446 g/mol. The second-order valence-corrected chi connectivity index (χ2v) is 8.90. The number of aryl methyl sites for hydroxylation is 4. The summed E-state index contributed by atoms with van der Waals surface area (Å²) < 4.78 is 1.31. The first kappa shape index (κ1) is 21.6. The van der Waals surface area contributed by atoms with Crippen LogP contribution in [-0.4, -0.2) is 21.2 Å². The van der Waals surface area contributed by atoms with Crippen molar-refractivity contribution in [3.8, 4) is 0 Å². The summed E-state index contributed by atoms with van der Waals surface area (Å²) in [5, 5.41) is 3.28. The number of hydrogen-bond donors (Lipinski definition) is 1. The summed E-state index contributed by atoms with van der Waals surface area (Å²) in [6.45, 7) is 7.48. The number of Topliss-reactive ketones (excluding diaryl/α,β-unsaturated/α-hetero) is 1. The van der Waals surface area contributed by atoms with E-state index in [-0.39, 0.29) is 23.8 Å². The van der Waals surface area contributed by atoms with E-state index >= 15 is 0 Å². The molecule has 162 valence electrons. The second kappa shape index (κ2) is 8.51. The number of carbonyl (C=O) groups is 2. The first-order valence-corrected chi connectivity index (χ1v) is 11.0. The number of para-hydroxylation sites is 1. The van der Waals surface area contributed by atoms with Crippen LogP contribution >= 0.6 is 11.3 Å². The molecule has 0 fully saturated rings. The third-order valence-corrected chi connectivity index (χ3v) is 6.86. The zero-order valence-electron chi connectivity index (χ0n) is 18.4. The lowest BCUT2D eigenvalue weighted by Crippen LogP contribution is -2.24. The topological polar surface area (TPSA) is 81.1 Å². The number of carbonyl (C=O) groups excluding carboxylic acids is 2. The van der Waals surface area contributed by atoms with Crippen molar-refractivity contribution in [1.29, 1.82) is 0 Å². The number of hydrogen-bond acceptors (Lipinski definition) is 5. The van der Waals surface area contributed by atoms with E-state index in [1.54, 1.807) is 13.0 Å². The van der Waals surface area contributed by atoms with Crippen LogP contribution in [0.15, 0.2) is 53.6 Å². The van der Waals surface area contributed by atoms with Gasteiger partial charge in [-0.15, -0.1) is 11.3 Å². The molecule has 2 aromatic carbocycles. The van der Waals surface area contributed by atoms with E-state index in [1.807, 2.05) is 57.2 Å². The smallest absolute Gasteiger partial charge is 0.266 e. The molecule has 0 spiro atoms. The Morgan fingerprint density at radius 3 is 2.47 bits per heavy atom. The fourth-order valence-corrected chi connectivity index (χ4v) is 4.58. The van der Waals surface area contributed by atoms with Crippen LogP contribution in [-0.2, 0) is 6.54 Å². The minimum Gasteiger partial charge on any atom is -0.321 e. The summed E-state index contributed by atoms with van der Waals surface area (Å²) in [5.41, 5.74) is 4.60. The SMILES string of the molecule is Cc1ccc(C(=O)Cn2cnc3sc(C(=O)Nc4ccccc4C)c(C)c3c2=O)cc1C. The molecule has 1 amide bonds. The molecule has 4 aromatic rings. The monoisotopic (exact) mass is 445 g/mol. The third kappa shape index (κ3) is 3.99. The molecule has 0 saturated carbocycles. The number of fused-ring (bicyclic) bond motifs is 1. The Labute approximate surface area is 189 Å². The highest BCUT2D eigenvalue weighted by atomic mass is 32.1. The number of nitrogens with one attached hydrogen (secondary N) is 1. The van der Waals surface area contributed by atoms with Crippen molar-refractivity contribution in [2.75, 3.05) is 5.32 Å². The highest BCUT2D eigenvalue weighted by molar-refractivity contribution is 7.20. The Hall–Kier alpha value is -3.58.